The van der Waals surface area contributed by atoms with Gasteiger partial charge in [0.1, 0.15) is 0 Å². The lowest BCUT2D eigenvalue weighted by Crippen LogP contribution is -2.64. The van der Waals surface area contributed by atoms with Crippen LogP contribution >= 0.6 is 0 Å². The van der Waals surface area contributed by atoms with Gasteiger partial charge in [-0.2, -0.15) is 0 Å². The number of amides is 1. The molecule has 2 rings (SSSR count). The Labute approximate surface area is 141 Å². The Morgan fingerprint density at radius 1 is 1.13 bits per heavy atom. The summed E-state index contributed by atoms with van der Waals surface area (Å²) >= 11 is 0. The maximum absolute atomic E-state index is 13.1. The van der Waals surface area contributed by atoms with E-state index in [9.17, 15) is 4.79 Å². The fourth-order valence-electron chi connectivity index (χ4n) is 3.96. The van der Waals surface area contributed by atoms with Crippen molar-refractivity contribution in [3.63, 3.8) is 0 Å². The van der Waals surface area contributed by atoms with Gasteiger partial charge in [-0.05, 0) is 59.1 Å². The monoisotopic (exact) mass is 317 g/mol. The molecule has 0 aliphatic carbocycles. The smallest absolute Gasteiger partial charge is 0.254 e. The summed E-state index contributed by atoms with van der Waals surface area (Å²) in [5.41, 5.74) is 0.330. The molecule has 0 spiro atoms. The molecule has 0 atom stereocenters. The summed E-state index contributed by atoms with van der Waals surface area (Å²) in [6.45, 7) is 11.6. The first-order valence-corrected chi connectivity index (χ1v) is 8.79. The number of carbonyl (C=O) groups is 1. The molecule has 1 amide bonds. The second kappa shape index (κ2) is 7.04. The van der Waals surface area contributed by atoms with Crippen LogP contribution in [0.5, 0.6) is 0 Å². The number of hydrogen-bond donors (Lipinski definition) is 0. The number of likely N-dealkylation sites (tertiary alicyclic amines) is 1. The van der Waals surface area contributed by atoms with E-state index in [1.54, 1.807) is 0 Å². The van der Waals surface area contributed by atoms with Crippen LogP contribution in [-0.2, 0) is 4.74 Å². The topological polar surface area (TPSA) is 29.5 Å². The molecular weight excluding hydrogens is 286 g/mol. The summed E-state index contributed by atoms with van der Waals surface area (Å²) in [7, 11) is 0. The number of rotatable bonds is 5. The summed E-state index contributed by atoms with van der Waals surface area (Å²) in [4.78, 5) is 15.1. The van der Waals surface area contributed by atoms with E-state index in [2.05, 4.69) is 39.5 Å². The summed E-state index contributed by atoms with van der Waals surface area (Å²) in [5, 5.41) is 0. The summed E-state index contributed by atoms with van der Waals surface area (Å²) in [5.74, 6) is 0.118. The largest absolute Gasteiger partial charge is 0.378 e. The van der Waals surface area contributed by atoms with E-state index in [4.69, 9.17) is 4.74 Å². The van der Waals surface area contributed by atoms with Crippen LogP contribution in [0.25, 0.3) is 0 Å². The van der Waals surface area contributed by atoms with Gasteiger partial charge < -0.3 is 9.64 Å². The van der Waals surface area contributed by atoms with Crippen LogP contribution in [0.2, 0.25) is 0 Å². The highest BCUT2D eigenvalue weighted by Gasteiger charge is 2.48. The number of carbonyl (C=O) groups excluding carboxylic acids is 1. The predicted molar refractivity (Wildman–Crippen MR) is 94.7 cm³/mol. The van der Waals surface area contributed by atoms with Crippen molar-refractivity contribution in [3.8, 4) is 0 Å². The lowest BCUT2D eigenvalue weighted by molar-refractivity contribution is -0.0852. The lowest BCUT2D eigenvalue weighted by atomic mass is 9.77. The van der Waals surface area contributed by atoms with E-state index >= 15 is 0 Å². The number of piperidine rings is 1. The van der Waals surface area contributed by atoms with Crippen LogP contribution in [0.1, 0.15) is 70.7 Å². The van der Waals surface area contributed by atoms with Gasteiger partial charge in [0.15, 0.2) is 0 Å². The second-order valence-electron chi connectivity index (χ2n) is 7.89. The number of hydrogen-bond acceptors (Lipinski definition) is 2. The number of benzene rings is 1. The van der Waals surface area contributed by atoms with Gasteiger partial charge in [-0.1, -0.05) is 31.5 Å². The molecule has 1 aliphatic heterocycles. The van der Waals surface area contributed by atoms with Crippen molar-refractivity contribution in [3.05, 3.63) is 35.9 Å². The molecule has 23 heavy (non-hydrogen) atoms. The third kappa shape index (κ3) is 4.14. The Morgan fingerprint density at radius 3 is 2.22 bits per heavy atom. The highest BCUT2D eigenvalue weighted by molar-refractivity contribution is 5.95. The zero-order valence-electron chi connectivity index (χ0n) is 15.3. The third-order valence-electron chi connectivity index (χ3n) is 4.74. The first kappa shape index (κ1) is 18.0. The van der Waals surface area contributed by atoms with Gasteiger partial charge in [0.05, 0.1) is 6.10 Å². The van der Waals surface area contributed by atoms with Crippen LogP contribution < -0.4 is 0 Å². The number of unbranched alkanes of at least 4 members (excludes halogenated alkanes) is 1. The van der Waals surface area contributed by atoms with Crippen molar-refractivity contribution in [1.29, 1.82) is 0 Å². The average Bonchev–Trinajstić information content (AvgIpc) is 2.46. The van der Waals surface area contributed by atoms with Gasteiger partial charge in [0.25, 0.3) is 5.91 Å². The standard InChI is InChI=1S/C20H31NO2/c1-6-7-13-23-17-14-19(2,3)21(20(4,5)15-17)18(22)16-11-9-8-10-12-16/h8-12,17H,6-7,13-15H2,1-5H3. The Balaban J connectivity index is 2.19. The molecule has 1 saturated heterocycles. The molecule has 0 unspecified atom stereocenters. The van der Waals surface area contributed by atoms with Crippen LogP contribution in [0.3, 0.4) is 0 Å². The number of ether oxygens (including phenoxy) is 1. The fourth-order valence-corrected chi connectivity index (χ4v) is 3.96. The maximum Gasteiger partial charge on any atom is 0.254 e. The molecule has 0 radical (unpaired) electrons. The van der Waals surface area contributed by atoms with Gasteiger partial charge in [-0.25, -0.2) is 0 Å². The van der Waals surface area contributed by atoms with Gasteiger partial charge in [0.2, 0.25) is 0 Å². The van der Waals surface area contributed by atoms with E-state index in [-0.39, 0.29) is 23.1 Å². The van der Waals surface area contributed by atoms with Gasteiger partial charge in [0, 0.05) is 23.2 Å². The van der Waals surface area contributed by atoms with Crippen molar-refractivity contribution in [2.45, 2.75) is 77.5 Å². The minimum Gasteiger partial charge on any atom is -0.378 e. The molecule has 0 bridgehead atoms. The van der Waals surface area contributed by atoms with E-state index in [1.807, 2.05) is 30.3 Å². The Kier molecular flexibility index (Phi) is 5.51. The SMILES string of the molecule is CCCCOC1CC(C)(C)N(C(=O)c2ccccc2)C(C)(C)C1. The molecule has 3 heteroatoms. The fraction of sp³-hybridized carbons (Fsp3) is 0.650. The predicted octanol–water partition coefficient (Wildman–Crippen LogP) is 4.67. The van der Waals surface area contributed by atoms with E-state index in [0.717, 1.165) is 37.9 Å². The van der Waals surface area contributed by atoms with Crippen LogP contribution in [0.4, 0.5) is 0 Å². The molecule has 3 nitrogen and oxygen atoms in total. The zero-order valence-corrected chi connectivity index (χ0v) is 15.3. The third-order valence-corrected chi connectivity index (χ3v) is 4.74. The molecule has 1 fully saturated rings. The molecule has 1 heterocycles. The summed E-state index contributed by atoms with van der Waals surface area (Å²) in [6, 6.07) is 9.60. The molecule has 0 aromatic heterocycles. The minimum absolute atomic E-state index is 0.118. The number of nitrogens with zero attached hydrogens (tertiary/aromatic N) is 1. The molecule has 0 N–H and O–H groups in total. The zero-order chi connectivity index (χ0) is 17.1. The molecular formula is C20H31NO2. The average molecular weight is 317 g/mol. The minimum atomic E-state index is -0.217. The second-order valence-corrected chi connectivity index (χ2v) is 7.89. The molecule has 0 saturated carbocycles. The van der Waals surface area contributed by atoms with Crippen molar-refractivity contribution in [1.82, 2.24) is 4.90 Å². The van der Waals surface area contributed by atoms with Crippen molar-refractivity contribution in [2.24, 2.45) is 0 Å². The van der Waals surface area contributed by atoms with E-state index in [0.29, 0.717) is 0 Å². The van der Waals surface area contributed by atoms with Crippen molar-refractivity contribution >= 4 is 5.91 Å². The highest BCUT2D eigenvalue weighted by Crippen LogP contribution is 2.40. The van der Waals surface area contributed by atoms with Gasteiger partial charge in [-0.3, -0.25) is 4.79 Å². The van der Waals surface area contributed by atoms with Crippen molar-refractivity contribution in [2.75, 3.05) is 6.61 Å². The molecule has 1 aliphatic rings. The normalized spacial score (nSPS) is 20.5. The first-order valence-electron chi connectivity index (χ1n) is 8.79. The quantitative estimate of drug-likeness (QED) is 0.739. The van der Waals surface area contributed by atoms with Gasteiger partial charge in [-0.15, -0.1) is 0 Å². The lowest BCUT2D eigenvalue weighted by Gasteiger charge is -2.55. The Hall–Kier alpha value is -1.35. The molecule has 1 aromatic rings. The van der Waals surface area contributed by atoms with E-state index in [1.165, 1.54) is 0 Å². The van der Waals surface area contributed by atoms with Gasteiger partial charge >= 0.3 is 0 Å². The van der Waals surface area contributed by atoms with Crippen LogP contribution in [0, 0.1) is 0 Å². The summed E-state index contributed by atoms with van der Waals surface area (Å²) < 4.78 is 6.09. The maximum atomic E-state index is 13.1. The van der Waals surface area contributed by atoms with E-state index < -0.39 is 0 Å². The van der Waals surface area contributed by atoms with Crippen LogP contribution in [0.15, 0.2) is 30.3 Å². The molecule has 1 aromatic carbocycles. The summed E-state index contributed by atoms with van der Waals surface area (Å²) in [6.07, 6.45) is 4.26. The Morgan fingerprint density at radius 2 is 1.70 bits per heavy atom. The van der Waals surface area contributed by atoms with Crippen molar-refractivity contribution < 1.29 is 9.53 Å². The van der Waals surface area contributed by atoms with Crippen LogP contribution in [-0.4, -0.2) is 34.6 Å². The molecule has 128 valence electrons. The highest BCUT2D eigenvalue weighted by atomic mass is 16.5. The first-order chi connectivity index (χ1) is 10.8. The Bertz CT molecular complexity index is 504.